The number of benzene rings is 3. The minimum absolute atomic E-state index is 0.163. The van der Waals surface area contributed by atoms with Crippen molar-refractivity contribution in [2.75, 3.05) is 4.90 Å². The number of imide groups is 2. The number of urea groups is 1. The van der Waals surface area contributed by atoms with Crippen LogP contribution in [0, 0.1) is 19.7 Å². The van der Waals surface area contributed by atoms with Gasteiger partial charge in [-0.25, -0.2) is 14.1 Å². The molecule has 0 aliphatic carbocycles. The molecule has 0 atom stereocenters. The molecule has 1 fully saturated rings. The number of aryl methyl sites for hydroxylation is 2. The van der Waals surface area contributed by atoms with Gasteiger partial charge in [0.1, 0.15) is 23.7 Å². The number of ether oxygens (including phenoxy) is 1. The Morgan fingerprint density at radius 1 is 0.939 bits per heavy atom. The summed E-state index contributed by atoms with van der Waals surface area (Å²) in [6.07, 6.45) is 1.42. The molecule has 166 valence electrons. The van der Waals surface area contributed by atoms with Gasteiger partial charge in [0, 0.05) is 0 Å². The van der Waals surface area contributed by atoms with Gasteiger partial charge < -0.3 is 4.74 Å². The third kappa shape index (κ3) is 4.98. The Morgan fingerprint density at radius 2 is 1.64 bits per heavy atom. The number of rotatable bonds is 5. The maximum Gasteiger partial charge on any atom is 0.335 e. The van der Waals surface area contributed by atoms with Crippen molar-refractivity contribution < 1.29 is 23.5 Å². The molecule has 4 rings (SSSR count). The summed E-state index contributed by atoms with van der Waals surface area (Å²) < 4.78 is 18.8. The number of carbonyl (C=O) groups is 3. The van der Waals surface area contributed by atoms with Crippen LogP contribution in [0.2, 0.25) is 0 Å². The summed E-state index contributed by atoms with van der Waals surface area (Å²) in [6, 6.07) is 17.4. The first kappa shape index (κ1) is 22.0. The number of barbiturate groups is 1. The maximum atomic E-state index is 13.1. The largest absolute Gasteiger partial charge is 0.489 e. The van der Waals surface area contributed by atoms with E-state index in [1.54, 1.807) is 48.5 Å². The van der Waals surface area contributed by atoms with Crippen molar-refractivity contribution in [3.8, 4) is 5.75 Å². The van der Waals surface area contributed by atoms with Gasteiger partial charge in [-0.3, -0.25) is 14.9 Å². The Labute approximate surface area is 190 Å². The minimum atomic E-state index is -0.788. The number of halogens is 1. The smallest absolute Gasteiger partial charge is 0.335 e. The summed E-state index contributed by atoms with van der Waals surface area (Å²) in [6.45, 7) is 3.96. The lowest BCUT2D eigenvalue weighted by atomic mass is 10.1. The SMILES string of the molecule is Cc1cc(C)cc(N2C(=O)NC(=O)/C(=C\c3cccc(OCc4ccc(F)cc4)c3)C2=O)c1. The van der Waals surface area contributed by atoms with Crippen molar-refractivity contribution in [2.24, 2.45) is 0 Å². The van der Waals surface area contributed by atoms with Crippen LogP contribution in [0.5, 0.6) is 5.75 Å². The van der Waals surface area contributed by atoms with Gasteiger partial charge in [0.15, 0.2) is 0 Å². The minimum Gasteiger partial charge on any atom is -0.489 e. The molecule has 1 aliphatic rings. The fourth-order valence-corrected chi connectivity index (χ4v) is 3.58. The maximum absolute atomic E-state index is 13.1. The molecule has 1 aliphatic heterocycles. The first-order valence-electron chi connectivity index (χ1n) is 10.3. The molecular weight excluding hydrogens is 423 g/mol. The first-order valence-corrected chi connectivity index (χ1v) is 10.3. The van der Waals surface area contributed by atoms with E-state index in [1.165, 1.54) is 18.2 Å². The molecule has 0 bridgehead atoms. The summed E-state index contributed by atoms with van der Waals surface area (Å²) in [7, 11) is 0. The monoisotopic (exact) mass is 444 g/mol. The molecule has 0 spiro atoms. The van der Waals surface area contributed by atoms with Crippen molar-refractivity contribution in [3.05, 3.63) is 100 Å². The topological polar surface area (TPSA) is 75.7 Å². The second-order valence-electron chi connectivity index (χ2n) is 7.79. The van der Waals surface area contributed by atoms with Crippen LogP contribution in [0.3, 0.4) is 0 Å². The molecule has 1 saturated heterocycles. The number of hydrogen-bond acceptors (Lipinski definition) is 4. The van der Waals surface area contributed by atoms with E-state index in [0.29, 0.717) is 17.0 Å². The van der Waals surface area contributed by atoms with Gasteiger partial charge >= 0.3 is 6.03 Å². The van der Waals surface area contributed by atoms with Gasteiger partial charge in [0.05, 0.1) is 5.69 Å². The average molecular weight is 444 g/mol. The number of hydrogen-bond donors (Lipinski definition) is 1. The number of anilines is 1. The summed E-state index contributed by atoms with van der Waals surface area (Å²) in [5.74, 6) is -1.27. The quantitative estimate of drug-likeness (QED) is 0.458. The van der Waals surface area contributed by atoms with Crippen molar-refractivity contribution in [1.82, 2.24) is 5.32 Å². The predicted octanol–water partition coefficient (Wildman–Crippen LogP) is 4.69. The van der Waals surface area contributed by atoms with Crippen LogP contribution in [0.15, 0.2) is 72.3 Å². The molecule has 4 amide bonds. The molecule has 0 aromatic heterocycles. The molecule has 0 radical (unpaired) electrons. The van der Waals surface area contributed by atoms with E-state index in [9.17, 15) is 18.8 Å². The third-order valence-corrected chi connectivity index (χ3v) is 5.05. The van der Waals surface area contributed by atoms with E-state index in [-0.39, 0.29) is 18.0 Å². The van der Waals surface area contributed by atoms with E-state index in [4.69, 9.17) is 4.74 Å². The lowest BCUT2D eigenvalue weighted by molar-refractivity contribution is -0.122. The zero-order chi connectivity index (χ0) is 23.5. The molecule has 0 saturated carbocycles. The van der Waals surface area contributed by atoms with E-state index in [0.717, 1.165) is 21.6 Å². The van der Waals surface area contributed by atoms with Gasteiger partial charge in [0.2, 0.25) is 0 Å². The average Bonchev–Trinajstić information content (AvgIpc) is 2.76. The molecule has 33 heavy (non-hydrogen) atoms. The van der Waals surface area contributed by atoms with Gasteiger partial charge in [-0.15, -0.1) is 0 Å². The summed E-state index contributed by atoms with van der Waals surface area (Å²) in [4.78, 5) is 38.9. The zero-order valence-corrected chi connectivity index (χ0v) is 18.1. The Kier molecular flexibility index (Phi) is 6.04. The molecule has 6 nitrogen and oxygen atoms in total. The third-order valence-electron chi connectivity index (χ3n) is 5.05. The second kappa shape index (κ2) is 9.08. The Balaban J connectivity index is 1.58. The molecule has 0 unspecified atom stereocenters. The summed E-state index contributed by atoms with van der Waals surface area (Å²) in [5, 5.41) is 2.23. The lowest BCUT2D eigenvalue weighted by Gasteiger charge is -2.27. The number of carbonyl (C=O) groups excluding carboxylic acids is 3. The van der Waals surface area contributed by atoms with Crippen LogP contribution in [0.4, 0.5) is 14.9 Å². The van der Waals surface area contributed by atoms with Crippen molar-refractivity contribution in [2.45, 2.75) is 20.5 Å². The number of nitrogens with one attached hydrogen (secondary N) is 1. The molecular formula is C26H21FN2O4. The Hall–Kier alpha value is -4.26. The molecule has 3 aromatic carbocycles. The molecule has 1 heterocycles. The lowest BCUT2D eigenvalue weighted by Crippen LogP contribution is -2.54. The Morgan fingerprint density at radius 3 is 2.33 bits per heavy atom. The van der Waals surface area contributed by atoms with Crippen molar-refractivity contribution in [3.63, 3.8) is 0 Å². The Bertz CT molecular complexity index is 1260. The van der Waals surface area contributed by atoms with E-state index in [2.05, 4.69) is 5.32 Å². The fraction of sp³-hybridized carbons (Fsp3) is 0.115. The van der Waals surface area contributed by atoms with Crippen LogP contribution in [0.1, 0.15) is 22.3 Å². The van der Waals surface area contributed by atoms with Crippen LogP contribution in [-0.2, 0) is 16.2 Å². The molecule has 7 heteroatoms. The number of amides is 4. The van der Waals surface area contributed by atoms with Gasteiger partial charge in [-0.2, -0.15) is 0 Å². The molecule has 1 N–H and O–H groups in total. The van der Waals surface area contributed by atoms with Crippen LogP contribution < -0.4 is 15.0 Å². The highest BCUT2D eigenvalue weighted by Gasteiger charge is 2.36. The summed E-state index contributed by atoms with van der Waals surface area (Å²) >= 11 is 0. The predicted molar refractivity (Wildman–Crippen MR) is 122 cm³/mol. The van der Waals surface area contributed by atoms with Crippen molar-refractivity contribution >= 4 is 29.6 Å². The number of nitrogens with zero attached hydrogens (tertiary/aromatic N) is 1. The van der Waals surface area contributed by atoms with Gasteiger partial charge in [-0.05, 0) is 78.6 Å². The second-order valence-corrected chi connectivity index (χ2v) is 7.79. The van der Waals surface area contributed by atoms with Gasteiger partial charge in [-0.1, -0.05) is 30.3 Å². The highest BCUT2D eigenvalue weighted by atomic mass is 19.1. The van der Waals surface area contributed by atoms with Crippen LogP contribution in [-0.4, -0.2) is 17.8 Å². The molecule has 3 aromatic rings. The zero-order valence-electron chi connectivity index (χ0n) is 18.1. The van der Waals surface area contributed by atoms with Gasteiger partial charge in [0.25, 0.3) is 11.8 Å². The van der Waals surface area contributed by atoms with Crippen molar-refractivity contribution in [1.29, 1.82) is 0 Å². The van der Waals surface area contributed by atoms with Crippen LogP contribution >= 0.6 is 0 Å². The van der Waals surface area contributed by atoms with E-state index in [1.807, 2.05) is 19.9 Å². The standard InChI is InChI=1S/C26H21FN2O4/c1-16-10-17(2)12-21(11-16)29-25(31)23(24(30)28-26(29)32)14-19-4-3-5-22(13-19)33-15-18-6-8-20(27)9-7-18/h3-14H,15H2,1-2H3,(H,28,30,32)/b23-14+. The highest BCUT2D eigenvalue weighted by Crippen LogP contribution is 2.25. The van der Waals surface area contributed by atoms with Crippen LogP contribution in [0.25, 0.3) is 6.08 Å². The summed E-state index contributed by atoms with van der Waals surface area (Å²) in [5.41, 5.74) is 3.36. The fourth-order valence-electron chi connectivity index (χ4n) is 3.58. The van der Waals surface area contributed by atoms with E-state index >= 15 is 0 Å². The highest BCUT2D eigenvalue weighted by molar-refractivity contribution is 6.39. The first-order chi connectivity index (χ1) is 15.8. The normalized spacial score (nSPS) is 15.1. The van der Waals surface area contributed by atoms with E-state index < -0.39 is 17.8 Å².